The molecule has 182 valence electrons. The van der Waals surface area contributed by atoms with E-state index in [4.69, 9.17) is 9.15 Å². The van der Waals surface area contributed by atoms with Crippen molar-refractivity contribution < 1.29 is 30.8 Å². The molecule has 1 aromatic carbocycles. The molecule has 0 amide bonds. The lowest BCUT2D eigenvalue weighted by molar-refractivity contribution is -0.151. The van der Waals surface area contributed by atoms with Gasteiger partial charge in [0.05, 0.1) is 10.8 Å². The van der Waals surface area contributed by atoms with Gasteiger partial charge in [0.25, 0.3) is 10.0 Å². The zero-order valence-electron chi connectivity index (χ0n) is 19.5. The van der Waals surface area contributed by atoms with Crippen LogP contribution in [0.4, 0.5) is 0 Å². The quantitative estimate of drug-likeness (QED) is 0.539. The smallest absolute Gasteiger partial charge is 0.309 e. The fraction of sp³-hybridized carbons (Fsp3) is 0.500. The van der Waals surface area contributed by atoms with Gasteiger partial charge in [-0.15, -0.1) is 0 Å². The average molecular weight is 499 g/mol. The lowest BCUT2D eigenvalue weighted by Crippen LogP contribution is -2.41. The zero-order chi connectivity index (χ0) is 24.6. The van der Waals surface area contributed by atoms with E-state index in [9.17, 15) is 21.6 Å². The molecule has 2 aromatic rings. The topological polar surface area (TPSA) is 114 Å². The van der Waals surface area contributed by atoms with Gasteiger partial charge in [-0.1, -0.05) is 17.7 Å². The number of nitrogens with zero attached hydrogens (tertiary/aromatic N) is 2. The van der Waals surface area contributed by atoms with Gasteiger partial charge in [0.1, 0.15) is 12.4 Å². The Morgan fingerprint density at radius 1 is 1.06 bits per heavy atom. The van der Waals surface area contributed by atoms with E-state index >= 15 is 0 Å². The number of esters is 1. The van der Waals surface area contributed by atoms with Gasteiger partial charge in [0.15, 0.2) is 0 Å². The van der Waals surface area contributed by atoms with Crippen molar-refractivity contribution >= 4 is 26.0 Å². The van der Waals surface area contributed by atoms with Crippen LogP contribution in [0.25, 0.3) is 0 Å². The second-order valence-electron chi connectivity index (χ2n) is 8.52. The number of piperidine rings is 1. The Morgan fingerprint density at radius 3 is 2.18 bits per heavy atom. The minimum absolute atomic E-state index is 0.192. The average Bonchev–Trinajstić information content (AvgIpc) is 3.21. The van der Waals surface area contributed by atoms with Crippen LogP contribution in [0, 0.1) is 26.7 Å². The highest BCUT2D eigenvalue weighted by molar-refractivity contribution is 7.89. The summed E-state index contributed by atoms with van der Waals surface area (Å²) in [7, 11) is -4.57. The van der Waals surface area contributed by atoms with Crippen LogP contribution in [-0.4, -0.2) is 58.6 Å². The van der Waals surface area contributed by atoms with Crippen LogP contribution in [0.2, 0.25) is 0 Å². The normalized spacial score (nSPS) is 16.3. The molecule has 0 aliphatic carbocycles. The standard InChI is InChI=1S/C22H30N2O7S2/c1-15-12-16(2)21(17(3)13-15)33(28,29)24-10-8-18(9-11-24)22(25)30-14-19-6-7-20(31-19)32(26,27)23(4)5/h6-7,12-13,18H,8-11,14H2,1-5H3. The first-order chi connectivity index (χ1) is 15.3. The van der Waals surface area contributed by atoms with Crippen molar-refractivity contribution in [1.82, 2.24) is 8.61 Å². The number of benzene rings is 1. The van der Waals surface area contributed by atoms with E-state index in [-0.39, 0.29) is 30.5 Å². The molecule has 0 radical (unpaired) electrons. The van der Waals surface area contributed by atoms with Gasteiger partial charge in [-0.25, -0.2) is 21.1 Å². The van der Waals surface area contributed by atoms with E-state index in [2.05, 4.69) is 0 Å². The lowest BCUT2D eigenvalue weighted by atomic mass is 9.98. The minimum Gasteiger partial charge on any atom is -0.457 e. The number of ether oxygens (including phenoxy) is 1. The fourth-order valence-corrected chi connectivity index (χ4v) is 6.74. The van der Waals surface area contributed by atoms with E-state index in [1.54, 1.807) is 13.8 Å². The van der Waals surface area contributed by atoms with Crippen LogP contribution in [0.15, 0.2) is 38.7 Å². The van der Waals surface area contributed by atoms with Gasteiger partial charge in [0.2, 0.25) is 15.1 Å². The van der Waals surface area contributed by atoms with Crippen LogP contribution in [0.5, 0.6) is 0 Å². The first-order valence-electron chi connectivity index (χ1n) is 10.6. The van der Waals surface area contributed by atoms with Crippen LogP contribution in [-0.2, 0) is 36.2 Å². The molecule has 1 saturated heterocycles. The fourth-order valence-electron chi connectivity index (χ4n) is 4.05. The summed E-state index contributed by atoms with van der Waals surface area (Å²) < 4.78 is 63.6. The number of aryl methyl sites for hydroxylation is 3. The summed E-state index contributed by atoms with van der Waals surface area (Å²) in [6, 6.07) is 6.48. The number of hydrogen-bond acceptors (Lipinski definition) is 7. The SMILES string of the molecule is Cc1cc(C)c(S(=O)(=O)N2CCC(C(=O)OCc3ccc(S(=O)(=O)N(C)C)o3)CC2)c(C)c1. The molecule has 0 bridgehead atoms. The molecule has 0 unspecified atom stereocenters. The van der Waals surface area contributed by atoms with Crippen molar-refractivity contribution in [2.45, 2.75) is 50.2 Å². The summed E-state index contributed by atoms with van der Waals surface area (Å²) in [5.74, 6) is -0.672. The van der Waals surface area contributed by atoms with Crippen molar-refractivity contribution in [3.05, 3.63) is 46.7 Å². The third kappa shape index (κ3) is 5.32. The van der Waals surface area contributed by atoms with Crippen LogP contribution in [0.1, 0.15) is 35.3 Å². The highest BCUT2D eigenvalue weighted by Gasteiger charge is 2.34. The molecular formula is C22H30N2O7S2. The van der Waals surface area contributed by atoms with Gasteiger partial charge in [-0.2, -0.15) is 4.31 Å². The van der Waals surface area contributed by atoms with Gasteiger partial charge >= 0.3 is 5.97 Å². The maximum atomic E-state index is 13.2. The molecular weight excluding hydrogens is 468 g/mol. The summed E-state index contributed by atoms with van der Waals surface area (Å²) in [6.45, 7) is 5.77. The molecule has 1 fully saturated rings. The number of rotatable bonds is 7. The van der Waals surface area contributed by atoms with Crippen molar-refractivity contribution in [3.63, 3.8) is 0 Å². The molecule has 33 heavy (non-hydrogen) atoms. The van der Waals surface area contributed by atoms with Crippen molar-refractivity contribution in [1.29, 1.82) is 0 Å². The first-order valence-corrected chi connectivity index (χ1v) is 13.5. The van der Waals surface area contributed by atoms with Crippen LogP contribution >= 0.6 is 0 Å². The first kappa shape index (κ1) is 25.4. The summed E-state index contributed by atoms with van der Waals surface area (Å²) in [5.41, 5.74) is 2.43. The zero-order valence-corrected chi connectivity index (χ0v) is 21.1. The molecule has 0 saturated carbocycles. The van der Waals surface area contributed by atoms with E-state index in [0.717, 1.165) is 9.87 Å². The minimum atomic E-state index is -3.70. The largest absolute Gasteiger partial charge is 0.457 e. The Labute approximate surface area is 195 Å². The second kappa shape index (κ2) is 9.57. The summed E-state index contributed by atoms with van der Waals surface area (Å²) in [5, 5.41) is -0.223. The predicted octanol–water partition coefficient (Wildman–Crippen LogP) is 2.60. The molecule has 1 aromatic heterocycles. The molecule has 9 nitrogen and oxygen atoms in total. The Bertz CT molecular complexity index is 1220. The van der Waals surface area contributed by atoms with Gasteiger partial charge in [-0.3, -0.25) is 4.79 Å². The predicted molar refractivity (Wildman–Crippen MR) is 122 cm³/mol. The number of furan rings is 1. The van der Waals surface area contributed by atoms with Crippen molar-refractivity contribution in [2.75, 3.05) is 27.2 Å². The maximum absolute atomic E-state index is 13.2. The van der Waals surface area contributed by atoms with E-state index < -0.39 is 31.9 Å². The van der Waals surface area contributed by atoms with Gasteiger partial charge in [-0.05, 0) is 56.9 Å². The molecule has 0 N–H and O–H groups in total. The monoisotopic (exact) mass is 498 g/mol. The second-order valence-corrected chi connectivity index (χ2v) is 12.5. The number of carbonyl (C=O) groups is 1. The lowest BCUT2D eigenvalue weighted by Gasteiger charge is -2.31. The summed E-state index contributed by atoms with van der Waals surface area (Å²) in [4.78, 5) is 12.8. The Morgan fingerprint density at radius 2 is 1.64 bits per heavy atom. The van der Waals surface area contributed by atoms with E-state index in [1.807, 2.05) is 19.1 Å². The van der Waals surface area contributed by atoms with Crippen molar-refractivity contribution in [2.24, 2.45) is 5.92 Å². The molecule has 0 spiro atoms. The maximum Gasteiger partial charge on any atom is 0.309 e. The molecule has 1 aliphatic rings. The van der Waals surface area contributed by atoms with Crippen molar-refractivity contribution in [3.8, 4) is 0 Å². The Kier molecular flexibility index (Phi) is 7.37. The molecule has 1 aliphatic heterocycles. The van der Waals surface area contributed by atoms with E-state index in [0.29, 0.717) is 28.9 Å². The number of sulfonamides is 2. The molecule has 2 heterocycles. The van der Waals surface area contributed by atoms with E-state index in [1.165, 1.54) is 30.5 Å². The van der Waals surface area contributed by atoms with Gasteiger partial charge in [0, 0.05) is 27.2 Å². The van der Waals surface area contributed by atoms with Gasteiger partial charge < -0.3 is 9.15 Å². The summed E-state index contributed by atoms with van der Waals surface area (Å²) >= 11 is 0. The highest BCUT2D eigenvalue weighted by Crippen LogP contribution is 2.29. The Hall–Kier alpha value is -2.21. The molecule has 0 atom stereocenters. The van der Waals surface area contributed by atoms with Crippen LogP contribution in [0.3, 0.4) is 0 Å². The Balaban J connectivity index is 1.59. The third-order valence-electron chi connectivity index (χ3n) is 5.72. The molecule has 11 heteroatoms. The molecule has 3 rings (SSSR count). The highest BCUT2D eigenvalue weighted by atomic mass is 32.2. The third-order valence-corrected chi connectivity index (χ3v) is 9.61. The van der Waals surface area contributed by atoms with Crippen LogP contribution < -0.4 is 0 Å². The summed E-state index contributed by atoms with van der Waals surface area (Å²) in [6.07, 6.45) is 0.695. The number of carbonyl (C=O) groups excluding carboxylic acids is 1. The number of hydrogen-bond donors (Lipinski definition) is 0.